The monoisotopic (exact) mass is 419 g/mol. The number of aliphatic carboxylic acids is 1. The van der Waals surface area contributed by atoms with Crippen molar-refractivity contribution in [1.29, 1.82) is 0 Å². The van der Waals surface area contributed by atoms with E-state index in [4.69, 9.17) is 25.1 Å². The fourth-order valence-electron chi connectivity index (χ4n) is 2.75. The summed E-state index contributed by atoms with van der Waals surface area (Å²) in [5.74, 6) is -0.592. The Morgan fingerprint density at radius 2 is 1.76 bits per heavy atom. The Bertz CT molecular complexity index is 687. The van der Waals surface area contributed by atoms with Gasteiger partial charge in [-0.05, 0) is 41.7 Å². The van der Waals surface area contributed by atoms with Crippen LogP contribution in [-0.4, -0.2) is 36.6 Å². The maximum Gasteiger partial charge on any atom is 0.490 e. The molecule has 0 amide bonds. The van der Waals surface area contributed by atoms with Crippen LogP contribution in [0.5, 0.6) is 5.75 Å². The van der Waals surface area contributed by atoms with Crippen LogP contribution in [0.25, 0.3) is 0 Å². The smallest absolute Gasteiger partial charge is 0.475 e. The summed E-state index contributed by atoms with van der Waals surface area (Å²) in [6, 6.07) is 6.31. The lowest BCUT2D eigenvalue weighted by molar-refractivity contribution is -0.192. The number of halogens is 3. The van der Waals surface area contributed by atoms with Crippen molar-refractivity contribution in [2.45, 2.75) is 58.0 Å². The van der Waals surface area contributed by atoms with E-state index < -0.39 is 12.1 Å². The molecule has 1 atom stereocenters. The highest BCUT2D eigenvalue weighted by Crippen LogP contribution is 2.46. The highest BCUT2D eigenvalue weighted by atomic mass is 19.4. The Kier molecular flexibility index (Phi) is 9.42. The van der Waals surface area contributed by atoms with Crippen LogP contribution in [0.4, 0.5) is 13.2 Å². The van der Waals surface area contributed by atoms with E-state index in [0.29, 0.717) is 18.4 Å². The third kappa shape index (κ3) is 8.31. The molecule has 0 spiro atoms. The Labute approximate surface area is 168 Å². The van der Waals surface area contributed by atoms with Gasteiger partial charge in [-0.3, -0.25) is 4.79 Å². The van der Waals surface area contributed by atoms with Crippen molar-refractivity contribution in [3.63, 3.8) is 0 Å². The summed E-state index contributed by atoms with van der Waals surface area (Å²) in [7, 11) is 0. The molecule has 0 unspecified atom stereocenters. The van der Waals surface area contributed by atoms with Gasteiger partial charge in [0.25, 0.3) is 0 Å². The fraction of sp³-hybridized carbons (Fsp3) is 0.600. The zero-order valence-electron chi connectivity index (χ0n) is 16.8. The van der Waals surface area contributed by atoms with E-state index in [2.05, 4.69) is 39.0 Å². The van der Waals surface area contributed by atoms with Gasteiger partial charge < -0.3 is 20.3 Å². The molecule has 1 saturated carbocycles. The second-order valence-corrected chi connectivity index (χ2v) is 7.17. The van der Waals surface area contributed by atoms with Gasteiger partial charge in [-0.25, -0.2) is 4.79 Å². The van der Waals surface area contributed by atoms with Gasteiger partial charge in [0, 0.05) is 6.54 Å². The summed E-state index contributed by atoms with van der Waals surface area (Å²) in [6.45, 7) is 6.80. The number of nitrogens with two attached hydrogens (primary N) is 1. The van der Waals surface area contributed by atoms with E-state index in [1.54, 1.807) is 0 Å². The number of carbonyl (C=O) groups is 2. The topological polar surface area (TPSA) is 98.9 Å². The van der Waals surface area contributed by atoms with Gasteiger partial charge in [-0.1, -0.05) is 39.0 Å². The van der Waals surface area contributed by atoms with Crippen LogP contribution in [0, 0.1) is 5.92 Å². The molecule has 0 radical (unpaired) electrons. The van der Waals surface area contributed by atoms with Gasteiger partial charge in [-0.15, -0.1) is 0 Å². The average Bonchev–Trinajstić information content (AvgIpc) is 3.46. The van der Waals surface area contributed by atoms with Crippen LogP contribution in [0.1, 0.15) is 63.0 Å². The van der Waals surface area contributed by atoms with Crippen molar-refractivity contribution in [2.24, 2.45) is 11.7 Å². The summed E-state index contributed by atoms with van der Waals surface area (Å²) < 4.78 is 42.7. The molecule has 9 heteroatoms. The average molecular weight is 419 g/mol. The SMILES string of the molecule is CC(C)c1cccc([C@H](C)C2CC2)c1OCOC(=O)CCN.O=C(O)C(F)(F)F. The third-order valence-corrected chi connectivity index (χ3v) is 4.53. The number of para-hydroxylation sites is 1. The highest BCUT2D eigenvalue weighted by Gasteiger charge is 2.38. The lowest BCUT2D eigenvalue weighted by Crippen LogP contribution is -2.21. The minimum Gasteiger partial charge on any atom is -0.475 e. The summed E-state index contributed by atoms with van der Waals surface area (Å²) >= 11 is 0. The maximum atomic E-state index is 11.4. The minimum absolute atomic E-state index is 0.0487. The van der Waals surface area contributed by atoms with Gasteiger partial charge in [-0.2, -0.15) is 13.2 Å². The Hall–Kier alpha value is -2.29. The van der Waals surface area contributed by atoms with Crippen molar-refractivity contribution in [1.82, 2.24) is 0 Å². The standard InChI is InChI=1S/C18H27NO3.C2HF3O2/c1-12(2)15-5-4-6-16(13(3)14-7-8-14)18(15)22-11-21-17(20)9-10-19;3-2(4,5)1(6)7/h4-6,12-14H,7-11,19H2,1-3H3;(H,6,7)/t13-;/m1./s1. The van der Waals surface area contributed by atoms with E-state index in [1.807, 2.05) is 0 Å². The van der Waals surface area contributed by atoms with Crippen LogP contribution < -0.4 is 10.5 Å². The zero-order chi connectivity index (χ0) is 22.2. The van der Waals surface area contributed by atoms with Crippen molar-refractivity contribution < 1.29 is 37.3 Å². The number of benzene rings is 1. The number of hydrogen-bond acceptors (Lipinski definition) is 5. The number of ether oxygens (including phenoxy) is 2. The predicted molar refractivity (Wildman–Crippen MR) is 101 cm³/mol. The molecule has 3 N–H and O–H groups in total. The summed E-state index contributed by atoms with van der Waals surface area (Å²) in [5.41, 5.74) is 7.73. The first-order valence-corrected chi connectivity index (χ1v) is 9.40. The molecule has 0 saturated heterocycles. The first kappa shape index (κ1) is 24.7. The quantitative estimate of drug-likeness (QED) is 0.484. The van der Waals surface area contributed by atoms with E-state index in [1.165, 1.54) is 24.0 Å². The van der Waals surface area contributed by atoms with E-state index in [0.717, 1.165) is 11.7 Å². The normalized spacial score (nSPS) is 14.6. The molecule has 1 aromatic rings. The molecule has 164 valence electrons. The molecule has 29 heavy (non-hydrogen) atoms. The molecule has 1 aliphatic rings. The van der Waals surface area contributed by atoms with E-state index in [9.17, 15) is 18.0 Å². The number of carboxylic acid groups (broad SMARTS) is 1. The largest absolute Gasteiger partial charge is 0.490 e. The molecule has 6 nitrogen and oxygen atoms in total. The van der Waals surface area contributed by atoms with Crippen molar-refractivity contribution >= 4 is 11.9 Å². The van der Waals surface area contributed by atoms with Crippen molar-refractivity contribution in [3.05, 3.63) is 29.3 Å². The summed E-state index contributed by atoms with van der Waals surface area (Å²) in [6.07, 6.45) is -2.28. The van der Waals surface area contributed by atoms with E-state index >= 15 is 0 Å². The van der Waals surface area contributed by atoms with Crippen LogP contribution in [0.2, 0.25) is 0 Å². The van der Waals surface area contributed by atoms with Gasteiger partial charge in [0.2, 0.25) is 6.79 Å². The molecular weight excluding hydrogens is 391 g/mol. The van der Waals surface area contributed by atoms with Crippen LogP contribution in [0.3, 0.4) is 0 Å². The van der Waals surface area contributed by atoms with Gasteiger partial charge >= 0.3 is 18.1 Å². The van der Waals surface area contributed by atoms with Crippen LogP contribution >= 0.6 is 0 Å². The molecule has 0 aliphatic heterocycles. The molecule has 1 aliphatic carbocycles. The summed E-state index contributed by atoms with van der Waals surface area (Å²) in [4.78, 5) is 20.3. The second kappa shape index (κ2) is 11.0. The van der Waals surface area contributed by atoms with Crippen molar-refractivity contribution in [2.75, 3.05) is 13.3 Å². The lowest BCUT2D eigenvalue weighted by Gasteiger charge is -2.21. The predicted octanol–water partition coefficient (Wildman–Crippen LogP) is 4.19. The molecular formula is C20H28F3NO5. The minimum atomic E-state index is -5.08. The first-order valence-electron chi connectivity index (χ1n) is 9.40. The molecule has 0 bridgehead atoms. The zero-order valence-corrected chi connectivity index (χ0v) is 16.8. The lowest BCUT2D eigenvalue weighted by atomic mass is 9.90. The Balaban J connectivity index is 0.000000516. The molecule has 0 heterocycles. The van der Waals surface area contributed by atoms with Gasteiger partial charge in [0.1, 0.15) is 5.75 Å². The van der Waals surface area contributed by atoms with E-state index in [-0.39, 0.29) is 19.2 Å². The number of alkyl halides is 3. The number of carboxylic acids is 1. The Morgan fingerprint density at radius 3 is 2.21 bits per heavy atom. The highest BCUT2D eigenvalue weighted by molar-refractivity contribution is 5.73. The van der Waals surface area contributed by atoms with Crippen molar-refractivity contribution in [3.8, 4) is 5.75 Å². The number of hydrogen-bond donors (Lipinski definition) is 2. The molecule has 2 rings (SSSR count). The molecule has 1 fully saturated rings. The summed E-state index contributed by atoms with van der Waals surface area (Å²) in [5, 5.41) is 7.12. The maximum absolute atomic E-state index is 11.4. The van der Waals surface area contributed by atoms with Gasteiger partial charge in [0.15, 0.2) is 0 Å². The second-order valence-electron chi connectivity index (χ2n) is 7.17. The Morgan fingerprint density at radius 1 is 1.21 bits per heavy atom. The molecule has 1 aromatic carbocycles. The number of esters is 1. The number of rotatable bonds is 8. The molecule has 0 aromatic heterocycles. The van der Waals surface area contributed by atoms with Crippen LogP contribution in [0.15, 0.2) is 18.2 Å². The van der Waals surface area contributed by atoms with Gasteiger partial charge in [0.05, 0.1) is 6.42 Å². The van der Waals surface area contributed by atoms with Crippen LogP contribution in [-0.2, 0) is 14.3 Å². The fourth-order valence-corrected chi connectivity index (χ4v) is 2.75. The third-order valence-electron chi connectivity index (χ3n) is 4.53. The number of carbonyl (C=O) groups excluding carboxylic acids is 1. The first-order chi connectivity index (χ1) is 13.5.